The molecule has 7 heteroatoms. The molecule has 0 aliphatic carbocycles. The first-order chi connectivity index (χ1) is 13.9. The molecule has 0 saturated heterocycles. The molecule has 154 valence electrons. The Morgan fingerprint density at radius 3 is 2.55 bits per heavy atom. The van der Waals surface area contributed by atoms with Gasteiger partial charge in [0.05, 0.1) is 4.90 Å². The first-order valence-corrected chi connectivity index (χ1v) is 12.0. The van der Waals surface area contributed by atoms with Crippen molar-refractivity contribution in [2.45, 2.75) is 32.1 Å². The Bertz CT molecular complexity index is 1120. The van der Waals surface area contributed by atoms with Gasteiger partial charge in [-0.1, -0.05) is 38.1 Å². The summed E-state index contributed by atoms with van der Waals surface area (Å²) >= 11 is 1.70. The molecule has 1 heterocycles. The predicted molar refractivity (Wildman–Crippen MR) is 119 cm³/mol. The molecule has 5 nitrogen and oxygen atoms in total. The van der Waals surface area contributed by atoms with E-state index >= 15 is 0 Å². The van der Waals surface area contributed by atoms with Crippen LogP contribution in [0.2, 0.25) is 0 Å². The van der Waals surface area contributed by atoms with Crippen molar-refractivity contribution in [2.75, 3.05) is 19.6 Å². The third kappa shape index (κ3) is 4.52. The highest BCUT2D eigenvalue weighted by molar-refractivity contribution is 7.89. The van der Waals surface area contributed by atoms with Gasteiger partial charge < -0.3 is 5.32 Å². The first kappa shape index (κ1) is 21.5. The van der Waals surface area contributed by atoms with Crippen molar-refractivity contribution in [1.29, 1.82) is 0 Å². The summed E-state index contributed by atoms with van der Waals surface area (Å²) in [6.45, 7) is 6.70. The maximum Gasteiger partial charge on any atom is 0.251 e. The second-order valence-corrected chi connectivity index (χ2v) is 9.68. The normalized spacial score (nSPS) is 11.9. The van der Waals surface area contributed by atoms with Gasteiger partial charge in [-0.05, 0) is 53.4 Å². The maximum absolute atomic E-state index is 12.8. The van der Waals surface area contributed by atoms with E-state index in [0.717, 1.165) is 12.0 Å². The minimum Gasteiger partial charge on any atom is -0.352 e. The fourth-order valence-electron chi connectivity index (χ4n) is 3.35. The van der Waals surface area contributed by atoms with Crippen molar-refractivity contribution < 1.29 is 13.2 Å². The quantitative estimate of drug-likeness (QED) is 0.582. The molecular formula is C22H26N2O3S2. The van der Waals surface area contributed by atoms with E-state index in [4.69, 9.17) is 0 Å². The zero-order chi connectivity index (χ0) is 21.0. The van der Waals surface area contributed by atoms with Crippen LogP contribution in [0.4, 0.5) is 0 Å². The highest BCUT2D eigenvalue weighted by atomic mass is 32.2. The fourth-order valence-corrected chi connectivity index (χ4v) is 5.83. The number of nitrogens with one attached hydrogen (secondary N) is 1. The van der Waals surface area contributed by atoms with E-state index in [-0.39, 0.29) is 10.8 Å². The second-order valence-electron chi connectivity index (χ2n) is 6.83. The number of hydrogen-bond acceptors (Lipinski definition) is 4. The van der Waals surface area contributed by atoms with Crippen LogP contribution in [0, 0.1) is 6.92 Å². The maximum atomic E-state index is 12.8. The number of carbonyl (C=O) groups is 1. The van der Waals surface area contributed by atoms with Crippen LogP contribution in [0.1, 0.15) is 35.3 Å². The van der Waals surface area contributed by atoms with Crippen LogP contribution in [0.25, 0.3) is 10.1 Å². The average Bonchev–Trinajstić information content (AvgIpc) is 3.12. The third-order valence-corrected chi connectivity index (χ3v) is 8.10. The molecule has 3 aromatic rings. The lowest BCUT2D eigenvalue weighted by atomic mass is 10.1. The number of fused-ring (bicyclic) bond motifs is 1. The number of carbonyl (C=O) groups excluding carboxylic acids is 1. The van der Waals surface area contributed by atoms with E-state index in [1.54, 1.807) is 37.3 Å². The van der Waals surface area contributed by atoms with E-state index in [2.05, 4.69) is 22.8 Å². The van der Waals surface area contributed by atoms with Crippen LogP contribution in [-0.4, -0.2) is 38.3 Å². The summed E-state index contributed by atoms with van der Waals surface area (Å²) < 4.78 is 28.2. The summed E-state index contributed by atoms with van der Waals surface area (Å²) in [4.78, 5) is 12.9. The van der Waals surface area contributed by atoms with Gasteiger partial charge in [-0.15, -0.1) is 11.3 Å². The van der Waals surface area contributed by atoms with E-state index < -0.39 is 10.0 Å². The number of thiophene rings is 1. The van der Waals surface area contributed by atoms with Crippen LogP contribution >= 0.6 is 11.3 Å². The predicted octanol–water partition coefficient (Wildman–Crippen LogP) is 4.21. The lowest BCUT2D eigenvalue weighted by molar-refractivity contribution is 0.0953. The van der Waals surface area contributed by atoms with Crippen molar-refractivity contribution in [1.82, 2.24) is 9.62 Å². The molecule has 0 bridgehead atoms. The Kier molecular flexibility index (Phi) is 6.72. The van der Waals surface area contributed by atoms with Gasteiger partial charge in [-0.25, -0.2) is 8.42 Å². The number of amides is 1. The molecule has 1 aromatic heterocycles. The van der Waals surface area contributed by atoms with Crippen molar-refractivity contribution in [3.8, 4) is 0 Å². The molecule has 2 aromatic carbocycles. The summed E-state index contributed by atoms with van der Waals surface area (Å²) in [6.07, 6.45) is 0.728. The van der Waals surface area contributed by atoms with Crippen LogP contribution in [0.3, 0.4) is 0 Å². The fraction of sp³-hybridized carbons (Fsp3) is 0.318. The molecule has 0 unspecified atom stereocenters. The summed E-state index contributed by atoms with van der Waals surface area (Å²) in [6, 6.07) is 13.0. The lowest BCUT2D eigenvalue weighted by Crippen LogP contribution is -2.31. The van der Waals surface area contributed by atoms with Crippen LogP contribution in [0.5, 0.6) is 0 Å². The Balaban J connectivity index is 1.73. The molecule has 0 saturated carbocycles. The minimum atomic E-state index is -3.60. The van der Waals surface area contributed by atoms with Gasteiger partial charge in [0, 0.05) is 29.9 Å². The van der Waals surface area contributed by atoms with Gasteiger partial charge in [-0.3, -0.25) is 4.79 Å². The number of sulfonamides is 1. The average molecular weight is 431 g/mol. The molecule has 0 spiro atoms. The van der Waals surface area contributed by atoms with Crippen LogP contribution < -0.4 is 5.32 Å². The van der Waals surface area contributed by atoms with Crippen molar-refractivity contribution in [3.63, 3.8) is 0 Å². The van der Waals surface area contributed by atoms with E-state index in [0.29, 0.717) is 25.2 Å². The summed E-state index contributed by atoms with van der Waals surface area (Å²) in [7, 11) is -3.60. The van der Waals surface area contributed by atoms with Gasteiger partial charge >= 0.3 is 0 Å². The monoisotopic (exact) mass is 430 g/mol. The number of benzene rings is 2. The zero-order valence-corrected chi connectivity index (χ0v) is 18.6. The van der Waals surface area contributed by atoms with Gasteiger partial charge in [0.1, 0.15) is 0 Å². The Morgan fingerprint density at radius 2 is 1.83 bits per heavy atom. The topological polar surface area (TPSA) is 66.5 Å². The smallest absolute Gasteiger partial charge is 0.251 e. The highest BCUT2D eigenvalue weighted by Gasteiger charge is 2.23. The Hall–Kier alpha value is -2.22. The molecule has 0 fully saturated rings. The largest absolute Gasteiger partial charge is 0.352 e. The zero-order valence-electron chi connectivity index (χ0n) is 16.9. The number of hydrogen-bond donors (Lipinski definition) is 1. The second kappa shape index (κ2) is 9.07. The number of rotatable bonds is 8. The molecule has 3 rings (SSSR count). The van der Waals surface area contributed by atoms with Crippen molar-refractivity contribution >= 4 is 37.4 Å². The lowest BCUT2D eigenvalue weighted by Gasteiger charge is -2.19. The summed E-state index contributed by atoms with van der Waals surface area (Å²) in [5.41, 5.74) is 2.36. The Morgan fingerprint density at radius 1 is 1.10 bits per heavy atom. The van der Waals surface area contributed by atoms with Crippen LogP contribution in [0.15, 0.2) is 52.7 Å². The highest BCUT2D eigenvalue weighted by Crippen LogP contribution is 2.26. The first-order valence-electron chi connectivity index (χ1n) is 9.72. The van der Waals surface area contributed by atoms with Crippen LogP contribution in [-0.2, 0) is 16.4 Å². The minimum absolute atomic E-state index is 0.153. The molecule has 0 radical (unpaired) electrons. The third-order valence-electron chi connectivity index (χ3n) is 5.04. The Labute approximate surface area is 176 Å². The molecule has 0 aliphatic heterocycles. The van der Waals surface area contributed by atoms with Crippen molar-refractivity contribution in [3.05, 3.63) is 64.5 Å². The molecular weight excluding hydrogens is 404 g/mol. The summed E-state index contributed by atoms with van der Waals surface area (Å²) in [5.74, 6) is -0.251. The van der Waals surface area contributed by atoms with Gasteiger partial charge in [0.15, 0.2) is 0 Å². The summed E-state index contributed by atoms with van der Waals surface area (Å²) in [5, 5.41) is 6.28. The number of aryl methyl sites for hydroxylation is 1. The molecule has 1 N–H and O–H groups in total. The molecule has 0 atom stereocenters. The SMILES string of the molecule is CCN(CC)S(=O)(=O)c1ccc(C)c(C(=O)NCCc2csc3ccccc23)c1. The number of nitrogens with zero attached hydrogens (tertiary/aromatic N) is 1. The van der Waals surface area contributed by atoms with Crippen molar-refractivity contribution in [2.24, 2.45) is 0 Å². The van der Waals surface area contributed by atoms with E-state index in [9.17, 15) is 13.2 Å². The van der Waals surface area contributed by atoms with E-state index in [1.807, 2.05) is 19.1 Å². The van der Waals surface area contributed by atoms with Gasteiger partial charge in [-0.2, -0.15) is 4.31 Å². The molecule has 1 amide bonds. The van der Waals surface area contributed by atoms with E-state index in [1.165, 1.54) is 26.0 Å². The molecule has 29 heavy (non-hydrogen) atoms. The van der Waals surface area contributed by atoms with Gasteiger partial charge in [0.2, 0.25) is 10.0 Å². The van der Waals surface area contributed by atoms with Gasteiger partial charge in [0.25, 0.3) is 5.91 Å². The standard InChI is InChI=1S/C22H26N2O3S2/c1-4-24(5-2)29(26,27)18-11-10-16(3)20(14-18)22(25)23-13-12-17-15-28-21-9-7-6-8-19(17)21/h6-11,14-15H,4-5,12-13H2,1-3H3,(H,23,25). The molecule has 0 aliphatic rings.